The number of ether oxygens (including phenoxy) is 1. The van der Waals surface area contributed by atoms with Crippen molar-refractivity contribution in [3.05, 3.63) is 42.1 Å². The fourth-order valence-electron chi connectivity index (χ4n) is 3.91. The summed E-state index contributed by atoms with van der Waals surface area (Å²) in [6.07, 6.45) is 7.13. The van der Waals surface area contributed by atoms with Gasteiger partial charge in [-0.25, -0.2) is 0 Å². The van der Waals surface area contributed by atoms with Crippen LogP contribution in [-0.4, -0.2) is 41.7 Å². The van der Waals surface area contributed by atoms with E-state index in [0.717, 1.165) is 45.6 Å². The standard InChI is InChI=1S/C20H24N2O2/c1-21-14-18(17-4-2-3-5-19(17)21)15-6-10-22(11-7-15)20(23)16-8-12-24-13-9-16/h2-6,14,16H,7-13H2,1H3. The van der Waals surface area contributed by atoms with Crippen molar-refractivity contribution in [3.63, 3.8) is 0 Å². The zero-order valence-electron chi connectivity index (χ0n) is 14.2. The van der Waals surface area contributed by atoms with Gasteiger partial charge >= 0.3 is 0 Å². The third kappa shape index (κ3) is 2.75. The molecule has 0 atom stereocenters. The van der Waals surface area contributed by atoms with Crippen LogP contribution in [-0.2, 0) is 16.6 Å². The Morgan fingerprint density at radius 1 is 1.21 bits per heavy atom. The minimum atomic E-state index is 0.159. The van der Waals surface area contributed by atoms with Crippen molar-refractivity contribution in [2.45, 2.75) is 19.3 Å². The largest absolute Gasteiger partial charge is 0.381 e. The quantitative estimate of drug-likeness (QED) is 0.850. The van der Waals surface area contributed by atoms with Gasteiger partial charge in [-0.2, -0.15) is 0 Å². The molecule has 1 aromatic heterocycles. The monoisotopic (exact) mass is 324 g/mol. The van der Waals surface area contributed by atoms with Gasteiger partial charge in [0, 0.05) is 61.9 Å². The maximum Gasteiger partial charge on any atom is 0.226 e. The average Bonchev–Trinajstić information content (AvgIpc) is 2.99. The zero-order chi connectivity index (χ0) is 16.5. The average molecular weight is 324 g/mol. The molecule has 0 unspecified atom stereocenters. The molecule has 24 heavy (non-hydrogen) atoms. The number of nitrogens with zero attached hydrogens (tertiary/aromatic N) is 2. The number of rotatable bonds is 2. The molecule has 0 saturated carbocycles. The number of aromatic nitrogens is 1. The molecule has 0 N–H and O–H groups in total. The third-order valence-corrected chi connectivity index (χ3v) is 5.33. The lowest BCUT2D eigenvalue weighted by Gasteiger charge is -2.31. The van der Waals surface area contributed by atoms with E-state index in [1.165, 1.54) is 22.0 Å². The van der Waals surface area contributed by atoms with Crippen molar-refractivity contribution in [3.8, 4) is 0 Å². The molecule has 1 amide bonds. The molecule has 1 fully saturated rings. The summed E-state index contributed by atoms with van der Waals surface area (Å²) in [5, 5.41) is 1.30. The highest BCUT2D eigenvalue weighted by molar-refractivity contribution is 5.93. The predicted molar refractivity (Wildman–Crippen MR) is 95.6 cm³/mol. The van der Waals surface area contributed by atoms with Crippen LogP contribution in [0.5, 0.6) is 0 Å². The van der Waals surface area contributed by atoms with Gasteiger partial charge in [0.25, 0.3) is 0 Å². The predicted octanol–water partition coefficient (Wildman–Crippen LogP) is 3.22. The van der Waals surface area contributed by atoms with Gasteiger partial charge < -0.3 is 14.2 Å². The fraction of sp³-hybridized carbons (Fsp3) is 0.450. The summed E-state index contributed by atoms with van der Waals surface area (Å²) in [6.45, 7) is 3.00. The van der Waals surface area contributed by atoms with Gasteiger partial charge in [0.05, 0.1) is 0 Å². The second kappa shape index (κ2) is 6.44. The third-order valence-electron chi connectivity index (χ3n) is 5.33. The van der Waals surface area contributed by atoms with Crippen molar-refractivity contribution in [1.29, 1.82) is 0 Å². The normalized spacial score (nSPS) is 19.5. The first-order valence-corrected chi connectivity index (χ1v) is 8.84. The number of carbonyl (C=O) groups excluding carboxylic acids is 1. The zero-order valence-corrected chi connectivity index (χ0v) is 14.2. The van der Waals surface area contributed by atoms with Gasteiger partial charge in [0.2, 0.25) is 5.91 Å². The highest BCUT2D eigenvalue weighted by Crippen LogP contribution is 2.31. The maximum atomic E-state index is 12.6. The molecule has 4 rings (SSSR count). The van der Waals surface area contributed by atoms with E-state index < -0.39 is 0 Å². The number of fused-ring (bicyclic) bond motifs is 1. The molecule has 1 aromatic carbocycles. The molecule has 2 aromatic rings. The molecular formula is C20H24N2O2. The van der Waals surface area contributed by atoms with Crippen LogP contribution in [0.2, 0.25) is 0 Å². The molecule has 0 radical (unpaired) electrons. The van der Waals surface area contributed by atoms with Crippen molar-refractivity contribution >= 4 is 22.4 Å². The van der Waals surface area contributed by atoms with Crippen molar-refractivity contribution < 1.29 is 9.53 Å². The van der Waals surface area contributed by atoms with Gasteiger partial charge in [-0.15, -0.1) is 0 Å². The van der Waals surface area contributed by atoms with Gasteiger partial charge in [-0.05, 0) is 30.9 Å². The van der Waals surface area contributed by atoms with E-state index in [9.17, 15) is 4.79 Å². The lowest BCUT2D eigenvalue weighted by Crippen LogP contribution is -2.40. The van der Waals surface area contributed by atoms with Crippen LogP contribution in [0.15, 0.2) is 36.5 Å². The van der Waals surface area contributed by atoms with E-state index in [0.29, 0.717) is 5.91 Å². The molecule has 1 saturated heterocycles. The number of hydrogen-bond acceptors (Lipinski definition) is 2. The van der Waals surface area contributed by atoms with Crippen LogP contribution < -0.4 is 0 Å². The summed E-state index contributed by atoms with van der Waals surface area (Å²) in [4.78, 5) is 14.7. The summed E-state index contributed by atoms with van der Waals surface area (Å²) < 4.78 is 7.56. The number of para-hydroxylation sites is 1. The Kier molecular flexibility index (Phi) is 4.15. The summed E-state index contributed by atoms with van der Waals surface area (Å²) in [5.74, 6) is 0.470. The summed E-state index contributed by atoms with van der Waals surface area (Å²) in [7, 11) is 2.09. The molecule has 0 aliphatic carbocycles. The van der Waals surface area contributed by atoms with Crippen LogP contribution in [0.3, 0.4) is 0 Å². The molecule has 126 valence electrons. The SMILES string of the molecule is Cn1cc(C2=CCN(C(=O)C3CCOCC3)CC2)c2ccccc21. The highest BCUT2D eigenvalue weighted by atomic mass is 16.5. The summed E-state index contributed by atoms with van der Waals surface area (Å²) in [5.41, 5.74) is 3.93. The number of amides is 1. The summed E-state index contributed by atoms with van der Waals surface area (Å²) in [6, 6.07) is 8.51. The van der Waals surface area contributed by atoms with Crippen LogP contribution in [0.25, 0.3) is 16.5 Å². The minimum Gasteiger partial charge on any atom is -0.381 e. The molecule has 4 nitrogen and oxygen atoms in total. The topological polar surface area (TPSA) is 34.5 Å². The molecule has 4 heteroatoms. The van der Waals surface area contributed by atoms with Crippen molar-refractivity contribution in [2.75, 3.05) is 26.3 Å². The number of carbonyl (C=O) groups is 1. The van der Waals surface area contributed by atoms with E-state index in [4.69, 9.17) is 4.74 Å². The van der Waals surface area contributed by atoms with E-state index in [-0.39, 0.29) is 5.92 Å². The smallest absolute Gasteiger partial charge is 0.226 e. The maximum absolute atomic E-state index is 12.6. The van der Waals surface area contributed by atoms with Crippen molar-refractivity contribution in [2.24, 2.45) is 13.0 Å². The second-order valence-electron chi connectivity index (χ2n) is 6.82. The van der Waals surface area contributed by atoms with Crippen LogP contribution in [0.1, 0.15) is 24.8 Å². The molecule has 0 spiro atoms. The molecule has 2 aliphatic rings. The highest BCUT2D eigenvalue weighted by Gasteiger charge is 2.27. The Morgan fingerprint density at radius 2 is 2.00 bits per heavy atom. The van der Waals surface area contributed by atoms with Crippen LogP contribution >= 0.6 is 0 Å². The molecule has 3 heterocycles. The lowest BCUT2D eigenvalue weighted by molar-refractivity contribution is -0.138. The van der Waals surface area contributed by atoms with Gasteiger partial charge in [-0.1, -0.05) is 24.3 Å². The lowest BCUT2D eigenvalue weighted by atomic mass is 9.95. The number of aryl methyl sites for hydroxylation is 1. The molecule has 2 aliphatic heterocycles. The minimum absolute atomic E-state index is 0.159. The molecular weight excluding hydrogens is 300 g/mol. The second-order valence-corrected chi connectivity index (χ2v) is 6.82. The Hall–Kier alpha value is -2.07. The van der Waals surface area contributed by atoms with Crippen molar-refractivity contribution in [1.82, 2.24) is 9.47 Å². The van der Waals surface area contributed by atoms with E-state index >= 15 is 0 Å². The van der Waals surface area contributed by atoms with E-state index in [1.807, 2.05) is 4.90 Å². The first-order chi connectivity index (χ1) is 11.7. The van der Waals surface area contributed by atoms with Crippen LogP contribution in [0, 0.1) is 5.92 Å². The van der Waals surface area contributed by atoms with E-state index in [1.54, 1.807) is 0 Å². The Morgan fingerprint density at radius 3 is 2.75 bits per heavy atom. The van der Waals surface area contributed by atoms with E-state index in [2.05, 4.69) is 48.2 Å². The van der Waals surface area contributed by atoms with Gasteiger partial charge in [-0.3, -0.25) is 4.79 Å². The Bertz CT molecular complexity index is 784. The number of hydrogen-bond donors (Lipinski definition) is 0. The Balaban J connectivity index is 1.52. The van der Waals surface area contributed by atoms with Gasteiger partial charge in [0.1, 0.15) is 0 Å². The first-order valence-electron chi connectivity index (χ1n) is 8.84. The summed E-state index contributed by atoms with van der Waals surface area (Å²) >= 11 is 0. The number of benzene rings is 1. The Labute approximate surface area is 142 Å². The first kappa shape index (κ1) is 15.5. The fourth-order valence-corrected chi connectivity index (χ4v) is 3.91. The molecule has 0 bridgehead atoms. The van der Waals surface area contributed by atoms with Gasteiger partial charge in [0.15, 0.2) is 0 Å². The van der Waals surface area contributed by atoms with Crippen LogP contribution in [0.4, 0.5) is 0 Å².